The molecule has 0 aliphatic carbocycles. The van der Waals surface area contributed by atoms with E-state index in [9.17, 15) is 4.79 Å². The predicted octanol–water partition coefficient (Wildman–Crippen LogP) is 2.79. The minimum absolute atomic E-state index is 0.282. The average molecular weight is 352 g/mol. The molecule has 21 heavy (non-hydrogen) atoms. The summed E-state index contributed by atoms with van der Waals surface area (Å²) in [5, 5.41) is 16.7. The van der Waals surface area contributed by atoms with Gasteiger partial charge in [0.1, 0.15) is 0 Å². The van der Waals surface area contributed by atoms with E-state index in [1.165, 1.54) is 5.56 Å². The fourth-order valence-corrected chi connectivity index (χ4v) is 2.74. The Kier molecular flexibility index (Phi) is 4.80. The van der Waals surface area contributed by atoms with Crippen molar-refractivity contribution in [1.29, 1.82) is 0 Å². The standard InChI is InChI=1S/C15H18BrN3O2/c1-9-13(10(2)19(3)18-9)8-17-7-12-5-4-11(15(20)21)6-14(12)16/h4-6,17H,7-8H2,1-3H3,(H,20,21). The third kappa shape index (κ3) is 3.51. The molecule has 5 nitrogen and oxygen atoms in total. The van der Waals surface area contributed by atoms with Crippen LogP contribution in [0.5, 0.6) is 0 Å². The summed E-state index contributed by atoms with van der Waals surface area (Å²) in [6, 6.07) is 5.06. The van der Waals surface area contributed by atoms with E-state index in [1.807, 2.05) is 24.7 Å². The minimum Gasteiger partial charge on any atom is -0.478 e. The highest BCUT2D eigenvalue weighted by Gasteiger charge is 2.10. The van der Waals surface area contributed by atoms with Crippen LogP contribution in [0.4, 0.5) is 0 Å². The molecule has 0 fully saturated rings. The Morgan fingerprint density at radius 2 is 2.10 bits per heavy atom. The maximum Gasteiger partial charge on any atom is 0.335 e. The number of carboxylic acid groups (broad SMARTS) is 1. The van der Waals surface area contributed by atoms with E-state index in [2.05, 4.69) is 33.3 Å². The summed E-state index contributed by atoms with van der Waals surface area (Å²) < 4.78 is 2.68. The molecule has 0 saturated heterocycles. The summed E-state index contributed by atoms with van der Waals surface area (Å²) in [6.45, 7) is 5.45. The molecule has 1 aromatic carbocycles. The number of benzene rings is 1. The van der Waals surface area contributed by atoms with Crippen molar-refractivity contribution in [3.05, 3.63) is 50.8 Å². The molecule has 0 radical (unpaired) electrons. The van der Waals surface area contributed by atoms with Crippen molar-refractivity contribution in [3.8, 4) is 0 Å². The first-order chi connectivity index (χ1) is 9.90. The molecule has 0 amide bonds. The lowest BCUT2D eigenvalue weighted by molar-refractivity contribution is 0.0697. The van der Waals surface area contributed by atoms with Crippen LogP contribution >= 0.6 is 15.9 Å². The quantitative estimate of drug-likeness (QED) is 0.869. The highest BCUT2D eigenvalue weighted by molar-refractivity contribution is 9.10. The number of aryl methyl sites for hydroxylation is 2. The number of aromatic carboxylic acids is 1. The van der Waals surface area contributed by atoms with Crippen molar-refractivity contribution in [3.63, 3.8) is 0 Å². The van der Waals surface area contributed by atoms with E-state index >= 15 is 0 Å². The second kappa shape index (κ2) is 6.41. The number of aromatic nitrogens is 2. The van der Waals surface area contributed by atoms with E-state index < -0.39 is 5.97 Å². The van der Waals surface area contributed by atoms with Gasteiger partial charge in [0.2, 0.25) is 0 Å². The summed E-state index contributed by atoms with van der Waals surface area (Å²) in [5.74, 6) is -0.920. The minimum atomic E-state index is -0.920. The van der Waals surface area contributed by atoms with E-state index in [0.717, 1.165) is 28.0 Å². The fraction of sp³-hybridized carbons (Fsp3) is 0.333. The van der Waals surface area contributed by atoms with Gasteiger partial charge in [0.15, 0.2) is 0 Å². The van der Waals surface area contributed by atoms with Crippen LogP contribution in [0.1, 0.15) is 32.9 Å². The monoisotopic (exact) mass is 351 g/mol. The molecule has 0 saturated carbocycles. The number of nitrogens with one attached hydrogen (secondary N) is 1. The van der Waals surface area contributed by atoms with Crippen LogP contribution in [0.15, 0.2) is 22.7 Å². The molecule has 2 aromatic rings. The van der Waals surface area contributed by atoms with Gasteiger partial charge in [0.05, 0.1) is 11.3 Å². The first-order valence-electron chi connectivity index (χ1n) is 6.61. The zero-order valence-corrected chi connectivity index (χ0v) is 13.9. The molecule has 1 aromatic heterocycles. The van der Waals surface area contributed by atoms with E-state index in [1.54, 1.807) is 12.1 Å². The molecule has 112 valence electrons. The smallest absolute Gasteiger partial charge is 0.335 e. The molecule has 2 N–H and O–H groups in total. The number of hydrogen-bond acceptors (Lipinski definition) is 3. The van der Waals surface area contributed by atoms with Crippen LogP contribution in [0.2, 0.25) is 0 Å². The fourth-order valence-electron chi connectivity index (χ4n) is 2.22. The van der Waals surface area contributed by atoms with Crippen molar-refractivity contribution in [2.24, 2.45) is 7.05 Å². The number of rotatable bonds is 5. The zero-order chi connectivity index (χ0) is 15.6. The second-order valence-corrected chi connectivity index (χ2v) is 5.84. The van der Waals surface area contributed by atoms with Gasteiger partial charge < -0.3 is 10.4 Å². The lowest BCUT2D eigenvalue weighted by atomic mass is 10.1. The highest BCUT2D eigenvalue weighted by Crippen LogP contribution is 2.19. The van der Waals surface area contributed by atoms with Gasteiger partial charge >= 0.3 is 5.97 Å². The van der Waals surface area contributed by atoms with E-state index in [4.69, 9.17) is 5.11 Å². The highest BCUT2D eigenvalue weighted by atomic mass is 79.9. The topological polar surface area (TPSA) is 67.2 Å². The predicted molar refractivity (Wildman–Crippen MR) is 84.3 cm³/mol. The molecule has 6 heteroatoms. The molecule has 0 aliphatic rings. The Labute approximate surface area is 132 Å². The van der Waals surface area contributed by atoms with Gasteiger partial charge in [-0.1, -0.05) is 22.0 Å². The van der Waals surface area contributed by atoms with Gasteiger partial charge in [-0.2, -0.15) is 5.10 Å². The molecule has 0 unspecified atom stereocenters. The average Bonchev–Trinajstić information content (AvgIpc) is 2.66. The Hall–Kier alpha value is -1.66. The van der Waals surface area contributed by atoms with Gasteiger partial charge in [0, 0.05) is 35.9 Å². The number of nitrogens with zero attached hydrogens (tertiary/aromatic N) is 2. The van der Waals surface area contributed by atoms with Crippen molar-refractivity contribution >= 4 is 21.9 Å². The first kappa shape index (κ1) is 15.7. The Balaban J connectivity index is 2.02. The Bertz CT molecular complexity index is 680. The van der Waals surface area contributed by atoms with Gasteiger partial charge in [-0.15, -0.1) is 0 Å². The van der Waals surface area contributed by atoms with E-state index in [0.29, 0.717) is 6.54 Å². The second-order valence-electron chi connectivity index (χ2n) is 4.99. The molecule has 0 spiro atoms. The van der Waals surface area contributed by atoms with Crippen molar-refractivity contribution in [2.45, 2.75) is 26.9 Å². The van der Waals surface area contributed by atoms with Gasteiger partial charge in [-0.25, -0.2) is 4.79 Å². The number of carboxylic acids is 1. The lowest BCUT2D eigenvalue weighted by Gasteiger charge is -2.08. The maximum absolute atomic E-state index is 10.9. The summed E-state index contributed by atoms with van der Waals surface area (Å²) >= 11 is 3.42. The third-order valence-electron chi connectivity index (χ3n) is 3.58. The Morgan fingerprint density at radius 3 is 2.62 bits per heavy atom. The zero-order valence-electron chi connectivity index (χ0n) is 12.3. The Morgan fingerprint density at radius 1 is 1.38 bits per heavy atom. The van der Waals surface area contributed by atoms with Gasteiger partial charge in [-0.05, 0) is 31.5 Å². The lowest BCUT2D eigenvalue weighted by Crippen LogP contribution is -2.14. The molecule has 1 heterocycles. The summed E-state index contributed by atoms with van der Waals surface area (Å²) in [7, 11) is 1.94. The molecule has 0 aliphatic heterocycles. The van der Waals surface area contributed by atoms with Crippen molar-refractivity contribution < 1.29 is 9.90 Å². The SMILES string of the molecule is Cc1nn(C)c(C)c1CNCc1ccc(C(=O)O)cc1Br. The van der Waals surface area contributed by atoms with Crippen LogP contribution in [-0.4, -0.2) is 20.9 Å². The van der Waals surface area contributed by atoms with E-state index in [-0.39, 0.29) is 5.56 Å². The third-order valence-corrected chi connectivity index (χ3v) is 4.31. The number of halogens is 1. The number of carbonyl (C=O) groups is 1. The largest absolute Gasteiger partial charge is 0.478 e. The maximum atomic E-state index is 10.9. The normalized spacial score (nSPS) is 10.9. The van der Waals surface area contributed by atoms with Crippen LogP contribution in [-0.2, 0) is 20.1 Å². The van der Waals surface area contributed by atoms with Crippen LogP contribution in [0.3, 0.4) is 0 Å². The first-order valence-corrected chi connectivity index (χ1v) is 7.41. The van der Waals surface area contributed by atoms with Crippen LogP contribution in [0.25, 0.3) is 0 Å². The summed E-state index contributed by atoms with van der Waals surface area (Å²) in [4.78, 5) is 10.9. The summed E-state index contributed by atoms with van der Waals surface area (Å²) in [5.41, 5.74) is 4.70. The van der Waals surface area contributed by atoms with Crippen LogP contribution < -0.4 is 5.32 Å². The molecule has 0 atom stereocenters. The number of hydrogen-bond donors (Lipinski definition) is 2. The van der Waals surface area contributed by atoms with Gasteiger partial charge in [-0.3, -0.25) is 4.68 Å². The molecular formula is C15H18BrN3O2. The molecule has 2 rings (SSSR count). The molecule has 0 bridgehead atoms. The van der Waals surface area contributed by atoms with Crippen LogP contribution in [0, 0.1) is 13.8 Å². The molecular weight excluding hydrogens is 334 g/mol. The van der Waals surface area contributed by atoms with Gasteiger partial charge in [0.25, 0.3) is 0 Å². The van der Waals surface area contributed by atoms with Crippen molar-refractivity contribution in [2.75, 3.05) is 0 Å². The van der Waals surface area contributed by atoms with Crippen molar-refractivity contribution in [1.82, 2.24) is 15.1 Å². The summed E-state index contributed by atoms with van der Waals surface area (Å²) in [6.07, 6.45) is 0.